The number of alkyl halides is 1. The fourth-order valence-corrected chi connectivity index (χ4v) is 5.56. The van der Waals surface area contributed by atoms with Gasteiger partial charge in [0.15, 0.2) is 17.0 Å². The molecule has 0 amide bonds. The smallest absolute Gasteiger partial charge is 0.459 e. The molecule has 4 N–H and O–H groups in total. The van der Waals surface area contributed by atoms with Crippen molar-refractivity contribution in [3.05, 3.63) is 36.7 Å². The molecule has 1 fully saturated rings. The molecule has 37 heavy (non-hydrogen) atoms. The monoisotopic (exact) mass is 537 g/mol. The van der Waals surface area contributed by atoms with Crippen molar-refractivity contribution in [1.82, 2.24) is 24.6 Å². The lowest BCUT2D eigenvalue weighted by molar-refractivity contribution is -0.173. The van der Waals surface area contributed by atoms with E-state index >= 15 is 4.39 Å². The summed E-state index contributed by atoms with van der Waals surface area (Å²) in [6.07, 6.45) is 0.569. The zero-order valence-corrected chi connectivity index (χ0v) is 21.6. The van der Waals surface area contributed by atoms with Crippen molar-refractivity contribution in [2.75, 3.05) is 31.8 Å². The van der Waals surface area contributed by atoms with Crippen molar-refractivity contribution < 1.29 is 32.3 Å². The number of aromatic nitrogens is 4. The molecular formula is C22H29FN7O6P. The molecule has 1 saturated heterocycles. The molecule has 1 aliphatic heterocycles. The van der Waals surface area contributed by atoms with E-state index in [1.807, 2.05) is 0 Å². The normalized spacial score (nSPS) is 23.9. The van der Waals surface area contributed by atoms with Gasteiger partial charge in [-0.15, -0.1) is 0 Å². The molecule has 13 nitrogen and oxygen atoms in total. The van der Waals surface area contributed by atoms with E-state index in [1.54, 1.807) is 48.9 Å². The summed E-state index contributed by atoms with van der Waals surface area (Å²) in [4.78, 5) is 24.6. The van der Waals surface area contributed by atoms with Gasteiger partial charge in [-0.25, -0.2) is 13.9 Å². The van der Waals surface area contributed by atoms with Gasteiger partial charge in [0.2, 0.25) is 11.8 Å². The number of anilines is 2. The number of esters is 1. The second kappa shape index (κ2) is 10.6. The lowest BCUT2D eigenvalue weighted by Crippen LogP contribution is -2.36. The average molecular weight is 537 g/mol. The Hall–Kier alpha value is -3.32. The van der Waals surface area contributed by atoms with Crippen LogP contribution >= 0.6 is 7.75 Å². The predicted octanol–water partition coefficient (Wildman–Crippen LogP) is 3.03. The molecule has 0 aliphatic carbocycles. The maximum atomic E-state index is 15.9. The number of ether oxygens (including phenoxy) is 2. The third-order valence-corrected chi connectivity index (χ3v) is 7.34. The molecule has 3 aromatic rings. The lowest BCUT2D eigenvalue weighted by Gasteiger charge is -2.26. The highest BCUT2D eigenvalue weighted by Gasteiger charge is 2.49. The first-order chi connectivity index (χ1) is 17.6. The van der Waals surface area contributed by atoms with Crippen molar-refractivity contribution in [1.29, 1.82) is 0 Å². The molecule has 3 heterocycles. The summed E-state index contributed by atoms with van der Waals surface area (Å²) in [6.45, 7) is 2.46. The zero-order valence-electron chi connectivity index (χ0n) is 20.8. The number of nitrogen functional groups attached to an aromatic ring is 1. The summed E-state index contributed by atoms with van der Waals surface area (Å²) in [5, 5.41) is 5.39. The Balaban J connectivity index is 1.54. The average Bonchev–Trinajstić information content (AvgIpc) is 3.42. The summed E-state index contributed by atoms with van der Waals surface area (Å²) in [5.41, 5.74) is 6.63. The number of carbonyl (C=O) groups excluding carboxylic acids is 1. The number of halogens is 1. The summed E-state index contributed by atoms with van der Waals surface area (Å²) in [7, 11) is -1.39. The molecule has 0 saturated carbocycles. The Morgan fingerprint density at radius 1 is 1.38 bits per heavy atom. The van der Waals surface area contributed by atoms with Crippen LogP contribution in [0.5, 0.6) is 5.75 Å². The number of nitrogens with one attached hydrogen (secondary N) is 2. The molecule has 0 bridgehead atoms. The minimum atomic E-state index is -4.25. The van der Waals surface area contributed by atoms with Crippen molar-refractivity contribution in [3.8, 4) is 5.75 Å². The SMILES string of the molecule is CNc1nc(N)nc2c1ncn2[C@@H]1O[C@](F)(CO[P@@](=O)(N[C@@H](C)C(=O)OC)Oc2ccccc2)C[C@@H]1C. The van der Waals surface area contributed by atoms with Crippen LogP contribution < -0.4 is 20.7 Å². The summed E-state index contributed by atoms with van der Waals surface area (Å²) in [5.74, 6) is -2.75. The number of para-hydroxylation sites is 1. The Morgan fingerprint density at radius 2 is 2.11 bits per heavy atom. The Kier molecular flexibility index (Phi) is 7.64. The Labute approximate surface area is 212 Å². The number of methoxy groups -OCH3 is 1. The van der Waals surface area contributed by atoms with Crippen LogP contribution in [0.15, 0.2) is 36.7 Å². The number of imidazole rings is 1. The molecule has 5 atom stereocenters. The topological polar surface area (TPSA) is 165 Å². The van der Waals surface area contributed by atoms with Gasteiger partial charge in [-0.1, -0.05) is 25.1 Å². The second-order valence-electron chi connectivity index (χ2n) is 8.63. The summed E-state index contributed by atoms with van der Waals surface area (Å²) < 4.78 is 52.5. The minimum Gasteiger partial charge on any atom is -0.468 e. The van der Waals surface area contributed by atoms with Gasteiger partial charge in [-0.2, -0.15) is 15.1 Å². The number of fused-ring (bicyclic) bond motifs is 1. The third kappa shape index (κ3) is 5.82. The van der Waals surface area contributed by atoms with Gasteiger partial charge in [0.05, 0.1) is 13.4 Å². The van der Waals surface area contributed by atoms with E-state index < -0.39 is 38.4 Å². The maximum absolute atomic E-state index is 15.9. The quantitative estimate of drug-likeness (QED) is 0.256. The van der Waals surface area contributed by atoms with Crippen molar-refractivity contribution >= 4 is 36.6 Å². The van der Waals surface area contributed by atoms with Crippen LogP contribution in [0.1, 0.15) is 26.5 Å². The van der Waals surface area contributed by atoms with Gasteiger partial charge in [-0.3, -0.25) is 13.9 Å². The summed E-state index contributed by atoms with van der Waals surface area (Å²) >= 11 is 0. The predicted molar refractivity (Wildman–Crippen MR) is 132 cm³/mol. The molecule has 0 unspecified atom stereocenters. The first kappa shape index (κ1) is 26.7. The van der Waals surface area contributed by atoms with Crippen LogP contribution in [0.25, 0.3) is 11.2 Å². The minimum absolute atomic E-state index is 0.0175. The van der Waals surface area contributed by atoms with Crippen molar-refractivity contribution in [2.24, 2.45) is 5.92 Å². The van der Waals surface area contributed by atoms with Gasteiger partial charge < -0.3 is 25.0 Å². The maximum Gasteiger partial charge on any atom is 0.459 e. The second-order valence-corrected chi connectivity index (χ2v) is 10.3. The first-order valence-corrected chi connectivity index (χ1v) is 13.0. The molecule has 1 aromatic carbocycles. The van der Waals surface area contributed by atoms with E-state index in [-0.39, 0.29) is 24.0 Å². The van der Waals surface area contributed by atoms with Gasteiger partial charge in [0.1, 0.15) is 24.6 Å². The van der Waals surface area contributed by atoms with Gasteiger partial charge in [0.25, 0.3) is 0 Å². The molecule has 1 aliphatic rings. The van der Waals surface area contributed by atoms with Crippen LogP contribution in [0.3, 0.4) is 0 Å². The first-order valence-electron chi connectivity index (χ1n) is 11.5. The zero-order chi connectivity index (χ0) is 26.8. The largest absolute Gasteiger partial charge is 0.468 e. The standard InChI is InChI=1S/C22H29FN7O6P/c1-13-10-22(23,35-19(13)30-12-26-16-17(25-3)27-21(24)28-18(16)30)11-34-37(32,29-14(2)20(31)33-4)36-15-8-6-5-7-9-15/h5-9,12-14,19H,10-11H2,1-4H3,(H,29,32)(H3,24,25,27,28)/t13-,14-,19+,22-,37-/m0/s1. The van der Waals surface area contributed by atoms with Gasteiger partial charge in [0, 0.05) is 19.4 Å². The number of nitrogens with two attached hydrogens (primary N) is 1. The lowest BCUT2D eigenvalue weighted by atomic mass is 10.1. The van der Waals surface area contributed by atoms with E-state index in [2.05, 4.69) is 30.1 Å². The fourth-order valence-electron chi connectivity index (χ4n) is 4.04. The molecule has 4 rings (SSSR count). The van der Waals surface area contributed by atoms with Crippen molar-refractivity contribution in [3.63, 3.8) is 0 Å². The molecule has 15 heteroatoms. The van der Waals surface area contributed by atoms with Crippen LogP contribution in [-0.4, -0.2) is 58.1 Å². The third-order valence-electron chi connectivity index (χ3n) is 5.72. The highest BCUT2D eigenvalue weighted by atomic mass is 31.2. The van der Waals surface area contributed by atoms with Crippen LogP contribution in [0, 0.1) is 5.92 Å². The number of hydrogen-bond donors (Lipinski definition) is 3. The van der Waals surface area contributed by atoms with Crippen LogP contribution in [-0.2, 0) is 23.4 Å². The molecule has 0 spiro atoms. The molecular weight excluding hydrogens is 508 g/mol. The number of rotatable bonds is 10. The summed E-state index contributed by atoms with van der Waals surface area (Å²) in [6, 6.07) is 7.11. The van der Waals surface area contributed by atoms with E-state index in [0.29, 0.717) is 17.0 Å². The Morgan fingerprint density at radius 3 is 2.78 bits per heavy atom. The molecule has 2 aromatic heterocycles. The number of benzene rings is 1. The van der Waals surface area contributed by atoms with Crippen LogP contribution in [0.2, 0.25) is 0 Å². The Bertz CT molecular complexity index is 1310. The van der Waals surface area contributed by atoms with E-state index in [1.165, 1.54) is 20.4 Å². The van der Waals surface area contributed by atoms with E-state index in [0.717, 1.165) is 0 Å². The van der Waals surface area contributed by atoms with Crippen molar-refractivity contribution in [2.45, 2.75) is 38.4 Å². The highest BCUT2D eigenvalue weighted by molar-refractivity contribution is 7.52. The van der Waals surface area contributed by atoms with Gasteiger partial charge in [-0.05, 0) is 19.1 Å². The van der Waals surface area contributed by atoms with E-state index in [9.17, 15) is 9.36 Å². The van der Waals surface area contributed by atoms with E-state index in [4.69, 9.17) is 19.5 Å². The molecule has 0 radical (unpaired) electrons. The van der Waals surface area contributed by atoms with Crippen LogP contribution in [0.4, 0.5) is 16.2 Å². The fraction of sp³-hybridized carbons (Fsp3) is 0.455. The highest BCUT2D eigenvalue weighted by Crippen LogP contribution is 2.49. The molecule has 200 valence electrons. The van der Waals surface area contributed by atoms with Gasteiger partial charge >= 0.3 is 13.7 Å². The number of carbonyl (C=O) groups is 1. The number of nitrogens with zero attached hydrogens (tertiary/aromatic N) is 4. The number of hydrogen-bond acceptors (Lipinski definition) is 11.